The van der Waals surface area contributed by atoms with Gasteiger partial charge < -0.3 is 10.2 Å². The van der Waals surface area contributed by atoms with Gasteiger partial charge in [0, 0.05) is 41.3 Å². The molecule has 106 valence electrons. The Bertz CT molecular complexity index is 544. The third kappa shape index (κ3) is 3.47. The zero-order chi connectivity index (χ0) is 13.8. The number of piperidine rings is 1. The van der Waals surface area contributed by atoms with E-state index in [0.717, 1.165) is 17.3 Å². The van der Waals surface area contributed by atoms with E-state index >= 15 is 0 Å². The summed E-state index contributed by atoms with van der Waals surface area (Å²) in [5.74, 6) is 0. The summed E-state index contributed by atoms with van der Waals surface area (Å²) < 4.78 is 0. The van der Waals surface area contributed by atoms with E-state index in [2.05, 4.69) is 34.5 Å². The van der Waals surface area contributed by atoms with E-state index in [4.69, 9.17) is 11.6 Å². The highest BCUT2D eigenvalue weighted by molar-refractivity contribution is 7.10. The molecule has 1 aromatic heterocycles. The van der Waals surface area contributed by atoms with Crippen molar-refractivity contribution < 1.29 is 0 Å². The van der Waals surface area contributed by atoms with Crippen molar-refractivity contribution >= 4 is 34.3 Å². The average Bonchev–Trinajstić information content (AvgIpc) is 2.92. The maximum Gasteiger partial charge on any atom is 0.0516 e. The van der Waals surface area contributed by atoms with Crippen LogP contribution in [0.2, 0.25) is 5.02 Å². The first kappa shape index (κ1) is 13.8. The third-order valence-electron chi connectivity index (χ3n) is 3.68. The molecule has 1 aliphatic heterocycles. The number of anilines is 2. The zero-order valence-corrected chi connectivity index (χ0v) is 13.0. The molecular formula is C16H19ClN2S. The van der Waals surface area contributed by atoms with Crippen molar-refractivity contribution in [2.75, 3.05) is 23.3 Å². The molecule has 3 rings (SSSR count). The van der Waals surface area contributed by atoms with Gasteiger partial charge in [0.15, 0.2) is 0 Å². The van der Waals surface area contributed by atoms with Gasteiger partial charge in [-0.3, -0.25) is 0 Å². The molecule has 0 spiro atoms. The topological polar surface area (TPSA) is 15.3 Å². The molecule has 1 N–H and O–H groups in total. The molecule has 2 heterocycles. The first-order valence-electron chi connectivity index (χ1n) is 7.13. The van der Waals surface area contributed by atoms with Crippen LogP contribution in [0.5, 0.6) is 0 Å². The number of hydrogen-bond donors (Lipinski definition) is 1. The molecule has 0 atom stereocenters. The summed E-state index contributed by atoms with van der Waals surface area (Å²) in [4.78, 5) is 3.74. The van der Waals surface area contributed by atoms with Gasteiger partial charge in [0.05, 0.1) is 5.02 Å². The van der Waals surface area contributed by atoms with Crippen LogP contribution in [0.4, 0.5) is 11.4 Å². The van der Waals surface area contributed by atoms with Crippen LogP contribution in [-0.4, -0.2) is 13.1 Å². The van der Waals surface area contributed by atoms with E-state index in [9.17, 15) is 0 Å². The fourth-order valence-corrected chi connectivity index (χ4v) is 3.59. The van der Waals surface area contributed by atoms with Gasteiger partial charge in [0.1, 0.15) is 0 Å². The number of thiophene rings is 1. The Morgan fingerprint density at radius 1 is 1.10 bits per heavy atom. The molecule has 2 nitrogen and oxygen atoms in total. The lowest BCUT2D eigenvalue weighted by Crippen LogP contribution is -2.29. The molecular weight excluding hydrogens is 288 g/mol. The van der Waals surface area contributed by atoms with Crippen molar-refractivity contribution in [3.8, 4) is 0 Å². The number of nitrogens with one attached hydrogen (secondary N) is 1. The Morgan fingerprint density at radius 3 is 2.50 bits per heavy atom. The Hall–Kier alpha value is -1.19. The van der Waals surface area contributed by atoms with Gasteiger partial charge in [-0.25, -0.2) is 0 Å². The van der Waals surface area contributed by atoms with Gasteiger partial charge in [-0.1, -0.05) is 11.6 Å². The number of benzene rings is 1. The molecule has 0 bridgehead atoms. The van der Waals surface area contributed by atoms with Crippen LogP contribution in [-0.2, 0) is 6.54 Å². The lowest BCUT2D eigenvalue weighted by atomic mass is 10.1. The SMILES string of the molecule is Clc1csc(CNc2ccc(N3CCCCC3)cc2)c1. The Balaban J connectivity index is 1.58. The van der Waals surface area contributed by atoms with Crippen LogP contribution in [0.3, 0.4) is 0 Å². The highest BCUT2D eigenvalue weighted by atomic mass is 35.5. The van der Waals surface area contributed by atoms with Gasteiger partial charge >= 0.3 is 0 Å². The van der Waals surface area contributed by atoms with Crippen LogP contribution in [0, 0.1) is 0 Å². The lowest BCUT2D eigenvalue weighted by molar-refractivity contribution is 0.578. The first-order valence-corrected chi connectivity index (χ1v) is 8.39. The minimum Gasteiger partial charge on any atom is -0.380 e. The Kier molecular flexibility index (Phi) is 4.48. The fraction of sp³-hybridized carbons (Fsp3) is 0.375. The zero-order valence-electron chi connectivity index (χ0n) is 11.4. The van der Waals surface area contributed by atoms with Gasteiger partial charge in [-0.15, -0.1) is 11.3 Å². The predicted molar refractivity (Wildman–Crippen MR) is 89.2 cm³/mol. The van der Waals surface area contributed by atoms with E-state index in [1.165, 1.54) is 42.9 Å². The highest BCUT2D eigenvalue weighted by Gasteiger charge is 2.10. The van der Waals surface area contributed by atoms with Crippen molar-refractivity contribution in [1.29, 1.82) is 0 Å². The second kappa shape index (κ2) is 6.51. The van der Waals surface area contributed by atoms with Gasteiger partial charge in [0.25, 0.3) is 0 Å². The van der Waals surface area contributed by atoms with Crippen LogP contribution in [0.1, 0.15) is 24.1 Å². The molecule has 0 radical (unpaired) electrons. The minimum absolute atomic E-state index is 0.826. The van der Waals surface area contributed by atoms with E-state index in [1.54, 1.807) is 11.3 Å². The number of rotatable bonds is 4. The standard InChI is InChI=1S/C16H19ClN2S/c17-13-10-16(20-12-13)11-18-14-4-6-15(7-5-14)19-8-2-1-3-9-19/h4-7,10,12,18H,1-3,8-9,11H2. The van der Waals surface area contributed by atoms with Crippen molar-refractivity contribution in [3.63, 3.8) is 0 Å². The van der Waals surface area contributed by atoms with Gasteiger partial charge in [-0.2, -0.15) is 0 Å². The molecule has 2 aromatic rings. The maximum atomic E-state index is 5.93. The smallest absolute Gasteiger partial charge is 0.0516 e. The summed E-state index contributed by atoms with van der Waals surface area (Å²) >= 11 is 7.62. The summed E-state index contributed by atoms with van der Waals surface area (Å²) in [6, 6.07) is 10.8. The molecule has 0 amide bonds. The Labute approximate surface area is 129 Å². The van der Waals surface area contributed by atoms with Crippen LogP contribution in [0.25, 0.3) is 0 Å². The van der Waals surface area contributed by atoms with Gasteiger partial charge in [-0.05, 0) is 49.6 Å². The molecule has 1 fully saturated rings. The quantitative estimate of drug-likeness (QED) is 0.854. The first-order chi connectivity index (χ1) is 9.81. The lowest BCUT2D eigenvalue weighted by Gasteiger charge is -2.28. The van der Waals surface area contributed by atoms with E-state index < -0.39 is 0 Å². The molecule has 20 heavy (non-hydrogen) atoms. The molecule has 4 heteroatoms. The molecule has 1 aromatic carbocycles. The van der Waals surface area contributed by atoms with E-state index in [0.29, 0.717) is 0 Å². The highest BCUT2D eigenvalue weighted by Crippen LogP contribution is 2.23. The van der Waals surface area contributed by atoms with Crippen LogP contribution < -0.4 is 10.2 Å². The van der Waals surface area contributed by atoms with Crippen LogP contribution >= 0.6 is 22.9 Å². The molecule has 0 unspecified atom stereocenters. The number of hydrogen-bond acceptors (Lipinski definition) is 3. The van der Waals surface area contributed by atoms with Crippen molar-refractivity contribution in [1.82, 2.24) is 0 Å². The van der Waals surface area contributed by atoms with Crippen molar-refractivity contribution in [2.24, 2.45) is 0 Å². The Morgan fingerprint density at radius 2 is 1.85 bits per heavy atom. The molecule has 1 saturated heterocycles. The molecule has 0 saturated carbocycles. The van der Waals surface area contributed by atoms with Crippen molar-refractivity contribution in [2.45, 2.75) is 25.8 Å². The predicted octanol–water partition coefficient (Wildman–Crippen LogP) is 5.00. The molecule has 1 aliphatic rings. The second-order valence-electron chi connectivity index (χ2n) is 5.18. The monoisotopic (exact) mass is 306 g/mol. The second-order valence-corrected chi connectivity index (χ2v) is 6.61. The normalized spacial score (nSPS) is 15.3. The van der Waals surface area contributed by atoms with Crippen molar-refractivity contribution in [3.05, 3.63) is 45.6 Å². The van der Waals surface area contributed by atoms with E-state index in [1.807, 2.05) is 11.4 Å². The summed E-state index contributed by atoms with van der Waals surface area (Å²) in [5.41, 5.74) is 2.50. The molecule has 0 aliphatic carbocycles. The van der Waals surface area contributed by atoms with E-state index in [-0.39, 0.29) is 0 Å². The summed E-state index contributed by atoms with van der Waals surface area (Å²) in [5, 5.41) is 6.23. The minimum atomic E-state index is 0.826. The average molecular weight is 307 g/mol. The summed E-state index contributed by atoms with van der Waals surface area (Å²) in [7, 11) is 0. The maximum absolute atomic E-state index is 5.93. The fourth-order valence-electron chi connectivity index (χ4n) is 2.58. The number of nitrogens with zero attached hydrogens (tertiary/aromatic N) is 1. The number of halogens is 1. The largest absolute Gasteiger partial charge is 0.380 e. The van der Waals surface area contributed by atoms with Gasteiger partial charge in [0.2, 0.25) is 0 Å². The van der Waals surface area contributed by atoms with Crippen LogP contribution in [0.15, 0.2) is 35.7 Å². The third-order valence-corrected chi connectivity index (χ3v) is 4.96. The summed E-state index contributed by atoms with van der Waals surface area (Å²) in [6.45, 7) is 3.22. The summed E-state index contributed by atoms with van der Waals surface area (Å²) in [6.07, 6.45) is 4.01.